The number of nitrogens with one attached hydrogen (secondary N) is 2. The molecule has 0 aliphatic rings. The molecule has 3 N–H and O–H groups in total. The van der Waals surface area contributed by atoms with Gasteiger partial charge in [0.15, 0.2) is 0 Å². The number of fused-ring (bicyclic) bond motifs is 1. The summed E-state index contributed by atoms with van der Waals surface area (Å²) < 4.78 is 15.7. The molecule has 0 radical (unpaired) electrons. The van der Waals surface area contributed by atoms with Gasteiger partial charge in [-0.2, -0.15) is 4.98 Å². The Labute approximate surface area is 211 Å². The summed E-state index contributed by atoms with van der Waals surface area (Å²) in [6.07, 6.45) is 1.65. The Morgan fingerprint density at radius 2 is 1.73 bits per heavy atom. The maximum Gasteiger partial charge on any atom is 0.255 e. The van der Waals surface area contributed by atoms with Gasteiger partial charge in [-0.1, -0.05) is 6.07 Å². The number of anilines is 1. The lowest BCUT2D eigenvalue weighted by atomic mass is 10.0. The van der Waals surface area contributed by atoms with Crippen LogP contribution in [0.5, 0.6) is 23.4 Å². The lowest BCUT2D eigenvalue weighted by molar-refractivity contribution is 0.102. The van der Waals surface area contributed by atoms with Gasteiger partial charge < -0.3 is 29.6 Å². The van der Waals surface area contributed by atoms with Gasteiger partial charge in [-0.05, 0) is 54.1 Å². The molecule has 0 spiro atoms. The molecule has 0 atom stereocenters. The zero-order valence-corrected chi connectivity index (χ0v) is 20.3. The molecule has 0 fully saturated rings. The summed E-state index contributed by atoms with van der Waals surface area (Å²) >= 11 is 0. The number of hydrogen-bond acceptors (Lipinski definition) is 8. The molecule has 0 aliphatic heterocycles. The van der Waals surface area contributed by atoms with Crippen molar-refractivity contribution in [2.24, 2.45) is 0 Å². The molecule has 5 aromatic rings. The quantitative estimate of drug-likeness (QED) is 0.296. The third-order valence-corrected chi connectivity index (χ3v) is 5.76. The molecule has 0 saturated heterocycles. The second-order valence-electron chi connectivity index (χ2n) is 7.97. The monoisotopic (exact) mass is 497 g/mol. The molecule has 3 heterocycles. The maximum absolute atomic E-state index is 13.0. The zero-order valence-electron chi connectivity index (χ0n) is 20.3. The van der Waals surface area contributed by atoms with Crippen molar-refractivity contribution in [3.8, 4) is 45.9 Å². The normalized spacial score (nSPS) is 10.8. The van der Waals surface area contributed by atoms with Gasteiger partial charge >= 0.3 is 0 Å². The average molecular weight is 498 g/mol. The van der Waals surface area contributed by atoms with Crippen LogP contribution in [0.1, 0.15) is 10.4 Å². The number of aromatic hydroxyl groups is 1. The number of hydrogen-bond donors (Lipinski definition) is 3. The Morgan fingerprint density at radius 1 is 0.892 bits per heavy atom. The number of ether oxygens (including phenoxy) is 3. The van der Waals surface area contributed by atoms with Gasteiger partial charge in [-0.3, -0.25) is 4.79 Å². The van der Waals surface area contributed by atoms with Crippen LogP contribution in [-0.2, 0) is 0 Å². The number of carbonyl (C=O) groups excluding carboxylic acids is 1. The number of methoxy groups -OCH3 is 3. The van der Waals surface area contributed by atoms with Crippen molar-refractivity contribution in [3.63, 3.8) is 0 Å². The molecule has 37 heavy (non-hydrogen) atoms. The van der Waals surface area contributed by atoms with E-state index in [1.54, 1.807) is 55.8 Å². The predicted molar refractivity (Wildman–Crippen MR) is 138 cm³/mol. The van der Waals surface area contributed by atoms with Crippen LogP contribution in [0.2, 0.25) is 0 Å². The van der Waals surface area contributed by atoms with Crippen molar-refractivity contribution in [1.82, 2.24) is 19.9 Å². The van der Waals surface area contributed by atoms with Crippen LogP contribution in [0.25, 0.3) is 33.5 Å². The van der Waals surface area contributed by atoms with Gasteiger partial charge in [0.05, 0.1) is 37.9 Å². The minimum Gasteiger partial charge on any atom is -0.507 e. The number of nitrogens with zero attached hydrogens (tertiary/aromatic N) is 3. The second-order valence-corrected chi connectivity index (χ2v) is 7.97. The highest BCUT2D eigenvalue weighted by Gasteiger charge is 2.16. The fraction of sp³-hybridized carbons (Fsp3) is 0.111. The van der Waals surface area contributed by atoms with Crippen molar-refractivity contribution in [2.75, 3.05) is 26.6 Å². The van der Waals surface area contributed by atoms with E-state index in [0.29, 0.717) is 45.4 Å². The standard InChI is InChI=1S/C27H23N5O5/c1-35-23-11-9-20(27(32-23)37-3)31-25(34)16-6-8-19-21(14-16)30-24(29-19)18-13-15(7-10-22(18)33)17-5-4-12-28-26(17)36-2/h4-14,33H,1-3H3,(H,29,30)(H,31,34). The average Bonchev–Trinajstić information content (AvgIpc) is 3.36. The number of rotatable bonds is 7. The molecule has 0 aliphatic carbocycles. The number of amides is 1. The van der Waals surface area contributed by atoms with E-state index in [-0.39, 0.29) is 17.5 Å². The van der Waals surface area contributed by atoms with E-state index >= 15 is 0 Å². The van der Waals surface area contributed by atoms with Crippen LogP contribution in [-0.4, -0.2) is 52.3 Å². The fourth-order valence-electron chi connectivity index (χ4n) is 3.93. The molecular weight excluding hydrogens is 474 g/mol. The third-order valence-electron chi connectivity index (χ3n) is 5.76. The highest BCUT2D eigenvalue weighted by molar-refractivity contribution is 6.06. The summed E-state index contributed by atoms with van der Waals surface area (Å²) in [5.41, 5.74) is 4.17. The van der Waals surface area contributed by atoms with Crippen molar-refractivity contribution in [1.29, 1.82) is 0 Å². The Bertz CT molecular complexity index is 1610. The van der Waals surface area contributed by atoms with Gasteiger partial charge in [0.2, 0.25) is 17.6 Å². The third kappa shape index (κ3) is 4.59. The van der Waals surface area contributed by atoms with Gasteiger partial charge in [-0.25, -0.2) is 9.97 Å². The minimum atomic E-state index is -0.350. The van der Waals surface area contributed by atoms with Crippen molar-refractivity contribution < 1.29 is 24.1 Å². The Kier molecular flexibility index (Phi) is 6.29. The molecule has 5 rings (SSSR count). The number of phenols is 1. The first-order chi connectivity index (χ1) is 18.0. The van der Waals surface area contributed by atoms with Crippen LogP contribution in [0.4, 0.5) is 5.69 Å². The first kappa shape index (κ1) is 23.6. The second kappa shape index (κ2) is 9.86. The van der Waals surface area contributed by atoms with E-state index < -0.39 is 0 Å². The number of aromatic nitrogens is 4. The molecule has 3 aromatic heterocycles. The van der Waals surface area contributed by atoms with Gasteiger partial charge in [-0.15, -0.1) is 0 Å². The summed E-state index contributed by atoms with van der Waals surface area (Å²) in [6.45, 7) is 0. The molecular formula is C27H23N5O5. The van der Waals surface area contributed by atoms with E-state index in [1.807, 2.05) is 18.2 Å². The lowest BCUT2D eigenvalue weighted by Gasteiger charge is -2.10. The summed E-state index contributed by atoms with van der Waals surface area (Å²) in [6, 6.07) is 17.3. The molecule has 10 heteroatoms. The minimum absolute atomic E-state index is 0.0581. The summed E-state index contributed by atoms with van der Waals surface area (Å²) in [5.74, 6) is 1.24. The van der Waals surface area contributed by atoms with Crippen LogP contribution in [0.15, 0.2) is 66.9 Å². The van der Waals surface area contributed by atoms with E-state index in [2.05, 4.69) is 25.3 Å². The van der Waals surface area contributed by atoms with Crippen LogP contribution in [0.3, 0.4) is 0 Å². The SMILES string of the molecule is COc1ccc(NC(=O)c2ccc3nc(-c4cc(-c5cccnc5OC)ccc4O)[nH]c3c2)c(OC)n1. The van der Waals surface area contributed by atoms with Crippen molar-refractivity contribution in [3.05, 3.63) is 72.4 Å². The number of phenolic OH excluding ortho intramolecular Hbond substituents is 1. The molecule has 0 saturated carbocycles. The maximum atomic E-state index is 13.0. The number of carbonyl (C=O) groups is 1. The van der Waals surface area contributed by atoms with E-state index in [4.69, 9.17) is 14.2 Å². The highest BCUT2D eigenvalue weighted by atomic mass is 16.5. The fourth-order valence-corrected chi connectivity index (χ4v) is 3.93. The number of H-pyrrole nitrogens is 1. The van der Waals surface area contributed by atoms with Crippen LogP contribution >= 0.6 is 0 Å². The summed E-state index contributed by atoms with van der Waals surface area (Å²) in [4.78, 5) is 29.2. The van der Waals surface area contributed by atoms with Gasteiger partial charge in [0.1, 0.15) is 17.3 Å². The number of aromatic amines is 1. The van der Waals surface area contributed by atoms with Crippen molar-refractivity contribution in [2.45, 2.75) is 0 Å². The molecule has 186 valence electrons. The largest absolute Gasteiger partial charge is 0.507 e. The summed E-state index contributed by atoms with van der Waals surface area (Å²) in [5, 5.41) is 13.4. The predicted octanol–water partition coefficient (Wildman–Crippen LogP) is 4.67. The van der Waals surface area contributed by atoms with E-state index in [9.17, 15) is 9.90 Å². The number of pyridine rings is 2. The number of benzene rings is 2. The lowest BCUT2D eigenvalue weighted by Crippen LogP contribution is -2.13. The van der Waals surface area contributed by atoms with Crippen molar-refractivity contribution >= 4 is 22.6 Å². The zero-order chi connectivity index (χ0) is 25.9. The summed E-state index contributed by atoms with van der Waals surface area (Å²) in [7, 11) is 4.52. The van der Waals surface area contributed by atoms with Crippen LogP contribution < -0.4 is 19.5 Å². The topological polar surface area (TPSA) is 131 Å². The Hall–Kier alpha value is -5.12. The number of imidazole rings is 1. The first-order valence-corrected chi connectivity index (χ1v) is 11.2. The molecule has 0 bridgehead atoms. The van der Waals surface area contributed by atoms with E-state index in [1.165, 1.54) is 14.2 Å². The first-order valence-electron chi connectivity index (χ1n) is 11.2. The molecule has 2 aromatic carbocycles. The Morgan fingerprint density at radius 3 is 2.51 bits per heavy atom. The van der Waals surface area contributed by atoms with Gasteiger partial charge in [0, 0.05) is 23.4 Å². The molecule has 10 nitrogen and oxygen atoms in total. The molecule has 0 unspecified atom stereocenters. The highest BCUT2D eigenvalue weighted by Crippen LogP contribution is 2.36. The smallest absolute Gasteiger partial charge is 0.255 e. The molecule has 1 amide bonds. The van der Waals surface area contributed by atoms with Crippen LogP contribution in [0, 0.1) is 0 Å². The van der Waals surface area contributed by atoms with Gasteiger partial charge in [0.25, 0.3) is 5.91 Å². The van der Waals surface area contributed by atoms with E-state index in [0.717, 1.165) is 11.1 Å². The Balaban J connectivity index is 1.46.